The summed E-state index contributed by atoms with van der Waals surface area (Å²) in [6, 6.07) is 12.5. The number of carbonyl (C=O) groups excluding carboxylic acids is 1. The summed E-state index contributed by atoms with van der Waals surface area (Å²) in [5.74, 6) is -0.119. The molecule has 0 fully saturated rings. The quantitative estimate of drug-likeness (QED) is 0.816. The smallest absolute Gasteiger partial charge is 0.250 e. The Kier molecular flexibility index (Phi) is 6.11. The fourth-order valence-electron chi connectivity index (χ4n) is 2.31. The van der Waals surface area contributed by atoms with Crippen molar-refractivity contribution in [1.29, 1.82) is 0 Å². The van der Waals surface area contributed by atoms with Crippen molar-refractivity contribution >= 4 is 5.91 Å². The SMILES string of the molecule is CCCC(N)C(=O)NCc1ccc(Cn2ccccc2=O)cc1. The van der Waals surface area contributed by atoms with Gasteiger partial charge in [-0.15, -0.1) is 0 Å². The van der Waals surface area contributed by atoms with Gasteiger partial charge in [0.15, 0.2) is 0 Å². The van der Waals surface area contributed by atoms with Gasteiger partial charge in [-0.05, 0) is 23.6 Å². The van der Waals surface area contributed by atoms with Gasteiger partial charge in [-0.1, -0.05) is 43.7 Å². The molecule has 2 rings (SSSR count). The molecule has 1 heterocycles. The average Bonchev–Trinajstić information content (AvgIpc) is 2.56. The number of nitrogens with two attached hydrogens (primary N) is 1. The molecule has 122 valence electrons. The van der Waals surface area contributed by atoms with Gasteiger partial charge in [0.25, 0.3) is 5.56 Å². The Hall–Kier alpha value is -2.40. The van der Waals surface area contributed by atoms with Crippen molar-refractivity contribution in [2.24, 2.45) is 5.73 Å². The number of hydrogen-bond donors (Lipinski definition) is 2. The highest BCUT2D eigenvalue weighted by Crippen LogP contribution is 2.06. The predicted molar refractivity (Wildman–Crippen MR) is 91.0 cm³/mol. The zero-order valence-corrected chi connectivity index (χ0v) is 13.4. The van der Waals surface area contributed by atoms with Crippen LogP contribution in [-0.2, 0) is 17.9 Å². The fraction of sp³-hybridized carbons (Fsp3) is 0.333. The Morgan fingerprint density at radius 3 is 2.52 bits per heavy atom. The highest BCUT2D eigenvalue weighted by Gasteiger charge is 2.11. The molecule has 0 radical (unpaired) electrons. The van der Waals surface area contributed by atoms with E-state index in [0.717, 1.165) is 17.5 Å². The summed E-state index contributed by atoms with van der Waals surface area (Å²) in [5, 5.41) is 2.84. The van der Waals surface area contributed by atoms with Gasteiger partial charge in [-0.25, -0.2) is 0 Å². The maximum atomic E-state index is 11.8. The van der Waals surface area contributed by atoms with Gasteiger partial charge in [-0.3, -0.25) is 9.59 Å². The third-order valence-corrected chi connectivity index (χ3v) is 3.68. The van der Waals surface area contributed by atoms with E-state index < -0.39 is 6.04 Å². The molecule has 5 heteroatoms. The second-order valence-electron chi connectivity index (χ2n) is 5.60. The lowest BCUT2D eigenvalue weighted by molar-refractivity contribution is -0.122. The molecule has 5 nitrogen and oxygen atoms in total. The largest absolute Gasteiger partial charge is 0.351 e. The molecule has 23 heavy (non-hydrogen) atoms. The summed E-state index contributed by atoms with van der Waals surface area (Å²) in [6.07, 6.45) is 3.35. The summed E-state index contributed by atoms with van der Waals surface area (Å²) in [6.45, 7) is 3.00. The molecule has 0 saturated heterocycles. The number of pyridine rings is 1. The highest BCUT2D eigenvalue weighted by atomic mass is 16.2. The molecule has 0 aliphatic rings. The van der Waals surface area contributed by atoms with Crippen LogP contribution in [0.3, 0.4) is 0 Å². The molecule has 3 N–H and O–H groups in total. The number of benzene rings is 1. The Morgan fingerprint density at radius 1 is 1.17 bits per heavy atom. The third kappa shape index (κ3) is 5.07. The van der Waals surface area contributed by atoms with Gasteiger partial charge in [0.1, 0.15) is 0 Å². The second kappa shape index (κ2) is 8.29. The van der Waals surface area contributed by atoms with Crippen LogP contribution < -0.4 is 16.6 Å². The number of hydrogen-bond acceptors (Lipinski definition) is 3. The van der Waals surface area contributed by atoms with Crippen LogP contribution in [0.5, 0.6) is 0 Å². The van der Waals surface area contributed by atoms with E-state index in [1.807, 2.05) is 37.3 Å². The van der Waals surface area contributed by atoms with E-state index >= 15 is 0 Å². The molecule has 1 aromatic carbocycles. The van der Waals surface area contributed by atoms with Crippen LogP contribution in [0.25, 0.3) is 0 Å². The second-order valence-corrected chi connectivity index (χ2v) is 5.60. The van der Waals surface area contributed by atoms with Crippen LogP contribution in [0.15, 0.2) is 53.5 Å². The highest BCUT2D eigenvalue weighted by molar-refractivity contribution is 5.81. The van der Waals surface area contributed by atoms with E-state index in [4.69, 9.17) is 5.73 Å². The van der Waals surface area contributed by atoms with E-state index in [0.29, 0.717) is 19.5 Å². The lowest BCUT2D eigenvalue weighted by Crippen LogP contribution is -2.40. The predicted octanol–water partition coefficient (Wildman–Crippen LogP) is 1.64. The molecule has 0 saturated carbocycles. The Morgan fingerprint density at radius 2 is 1.87 bits per heavy atom. The van der Waals surface area contributed by atoms with Crippen molar-refractivity contribution in [1.82, 2.24) is 9.88 Å². The zero-order valence-electron chi connectivity index (χ0n) is 13.4. The van der Waals surface area contributed by atoms with Gasteiger partial charge in [0.2, 0.25) is 5.91 Å². The Labute approximate surface area is 136 Å². The molecule has 0 aliphatic carbocycles. The van der Waals surface area contributed by atoms with Crippen LogP contribution in [0.4, 0.5) is 0 Å². The standard InChI is InChI=1S/C18H23N3O2/c1-2-5-16(19)18(23)20-12-14-7-9-15(10-8-14)13-21-11-4-3-6-17(21)22/h3-4,6-11,16H,2,5,12-13,19H2,1H3,(H,20,23). The molecule has 0 aliphatic heterocycles. The van der Waals surface area contributed by atoms with Crippen molar-refractivity contribution in [2.45, 2.75) is 38.9 Å². The molecular weight excluding hydrogens is 290 g/mol. The summed E-state index contributed by atoms with van der Waals surface area (Å²) in [7, 11) is 0. The first-order chi connectivity index (χ1) is 11.1. The first-order valence-corrected chi connectivity index (χ1v) is 7.86. The van der Waals surface area contributed by atoms with Crippen molar-refractivity contribution in [2.75, 3.05) is 0 Å². The molecule has 0 bridgehead atoms. The van der Waals surface area contributed by atoms with E-state index in [1.165, 1.54) is 0 Å². The summed E-state index contributed by atoms with van der Waals surface area (Å²) in [4.78, 5) is 23.5. The van der Waals surface area contributed by atoms with E-state index in [1.54, 1.807) is 22.9 Å². The molecule has 1 aromatic heterocycles. The summed E-state index contributed by atoms with van der Waals surface area (Å²) >= 11 is 0. The van der Waals surface area contributed by atoms with Gasteiger partial charge in [-0.2, -0.15) is 0 Å². The van der Waals surface area contributed by atoms with E-state index in [-0.39, 0.29) is 11.5 Å². The van der Waals surface area contributed by atoms with Gasteiger partial charge >= 0.3 is 0 Å². The molecule has 0 spiro atoms. The van der Waals surface area contributed by atoms with Gasteiger partial charge in [0.05, 0.1) is 12.6 Å². The van der Waals surface area contributed by atoms with Crippen molar-refractivity contribution in [3.63, 3.8) is 0 Å². The summed E-state index contributed by atoms with van der Waals surface area (Å²) < 4.78 is 1.65. The van der Waals surface area contributed by atoms with Crippen LogP contribution in [-0.4, -0.2) is 16.5 Å². The molecule has 1 unspecified atom stereocenters. The van der Waals surface area contributed by atoms with Crippen molar-refractivity contribution < 1.29 is 4.79 Å². The van der Waals surface area contributed by atoms with Gasteiger partial charge < -0.3 is 15.6 Å². The third-order valence-electron chi connectivity index (χ3n) is 3.68. The van der Waals surface area contributed by atoms with Crippen LogP contribution in [0, 0.1) is 0 Å². The number of carbonyl (C=O) groups is 1. The summed E-state index contributed by atoms with van der Waals surface area (Å²) in [5.41, 5.74) is 7.80. The fourth-order valence-corrected chi connectivity index (χ4v) is 2.31. The first-order valence-electron chi connectivity index (χ1n) is 7.86. The molecule has 2 aromatic rings. The van der Waals surface area contributed by atoms with Crippen molar-refractivity contribution in [3.8, 4) is 0 Å². The monoisotopic (exact) mass is 313 g/mol. The van der Waals surface area contributed by atoms with Crippen LogP contribution >= 0.6 is 0 Å². The van der Waals surface area contributed by atoms with Crippen LogP contribution in [0.1, 0.15) is 30.9 Å². The average molecular weight is 313 g/mol. The first kappa shape index (κ1) is 17.0. The Bertz CT molecular complexity index is 692. The van der Waals surface area contributed by atoms with E-state index in [9.17, 15) is 9.59 Å². The maximum absolute atomic E-state index is 11.8. The number of rotatable bonds is 7. The minimum Gasteiger partial charge on any atom is -0.351 e. The molecular formula is C18H23N3O2. The number of aromatic nitrogens is 1. The maximum Gasteiger partial charge on any atom is 0.250 e. The lowest BCUT2D eigenvalue weighted by atomic mass is 10.1. The molecule has 1 amide bonds. The minimum absolute atomic E-state index is 0.0197. The number of amides is 1. The number of nitrogens with one attached hydrogen (secondary N) is 1. The normalized spacial score (nSPS) is 11.9. The number of nitrogens with zero attached hydrogens (tertiary/aromatic N) is 1. The van der Waals surface area contributed by atoms with E-state index in [2.05, 4.69) is 5.32 Å². The topological polar surface area (TPSA) is 77.1 Å². The minimum atomic E-state index is -0.441. The molecule has 1 atom stereocenters. The Balaban J connectivity index is 1.91. The lowest BCUT2D eigenvalue weighted by Gasteiger charge is -2.11. The van der Waals surface area contributed by atoms with Crippen molar-refractivity contribution in [3.05, 3.63) is 70.1 Å². The van der Waals surface area contributed by atoms with Gasteiger partial charge in [0, 0.05) is 18.8 Å². The van der Waals surface area contributed by atoms with Crippen LogP contribution in [0.2, 0.25) is 0 Å². The zero-order chi connectivity index (χ0) is 16.7.